The van der Waals surface area contributed by atoms with Crippen molar-refractivity contribution in [2.75, 3.05) is 13.7 Å². The molecule has 0 saturated heterocycles. The average molecular weight is 263 g/mol. The van der Waals surface area contributed by atoms with E-state index in [2.05, 4.69) is 58.1 Å². The van der Waals surface area contributed by atoms with Gasteiger partial charge in [-0.15, -0.1) is 0 Å². The highest BCUT2D eigenvalue weighted by molar-refractivity contribution is 5.33. The van der Waals surface area contributed by atoms with Crippen molar-refractivity contribution in [3.63, 3.8) is 0 Å². The van der Waals surface area contributed by atoms with Gasteiger partial charge < -0.3 is 10.1 Å². The summed E-state index contributed by atoms with van der Waals surface area (Å²) in [5, 5.41) is 3.65. The monoisotopic (exact) mass is 263 g/mol. The van der Waals surface area contributed by atoms with E-state index in [4.69, 9.17) is 4.74 Å². The molecular weight excluding hydrogens is 234 g/mol. The first kappa shape index (κ1) is 16.2. The molecule has 1 N–H and O–H groups in total. The van der Waals surface area contributed by atoms with E-state index in [9.17, 15) is 0 Å². The number of hydrogen-bond acceptors (Lipinski definition) is 2. The Morgan fingerprint density at radius 1 is 1.21 bits per heavy atom. The first-order valence-corrected chi connectivity index (χ1v) is 7.34. The molecule has 1 rings (SSSR count). The number of hydrogen-bond donors (Lipinski definition) is 1. The Morgan fingerprint density at radius 2 is 1.89 bits per heavy atom. The molecule has 0 heterocycles. The van der Waals surface area contributed by atoms with Gasteiger partial charge in [0.2, 0.25) is 0 Å². The van der Waals surface area contributed by atoms with Gasteiger partial charge in [0.05, 0.1) is 12.1 Å². The number of benzene rings is 1. The minimum Gasteiger partial charge on any atom is -0.379 e. The summed E-state index contributed by atoms with van der Waals surface area (Å²) in [4.78, 5) is 0. The van der Waals surface area contributed by atoms with Crippen molar-refractivity contribution in [1.29, 1.82) is 0 Å². The molecule has 0 radical (unpaired) electrons. The summed E-state index contributed by atoms with van der Waals surface area (Å²) in [5.74, 6) is 0.486. The Bertz CT molecular complexity index is 387. The molecule has 0 bridgehead atoms. The smallest absolute Gasteiger partial charge is 0.0788 e. The van der Waals surface area contributed by atoms with Crippen molar-refractivity contribution < 1.29 is 4.74 Å². The van der Waals surface area contributed by atoms with Crippen LogP contribution in [-0.4, -0.2) is 19.8 Å². The third-order valence-corrected chi connectivity index (χ3v) is 3.63. The summed E-state index contributed by atoms with van der Waals surface area (Å²) >= 11 is 0. The normalized spacial score (nSPS) is 14.7. The zero-order chi connectivity index (χ0) is 14.4. The number of rotatable bonds is 7. The molecule has 1 aromatic rings. The quantitative estimate of drug-likeness (QED) is 0.802. The van der Waals surface area contributed by atoms with Crippen LogP contribution in [0.25, 0.3) is 0 Å². The first-order chi connectivity index (χ1) is 9.01. The topological polar surface area (TPSA) is 21.3 Å². The summed E-state index contributed by atoms with van der Waals surface area (Å²) in [6.07, 6.45) is 1.34. The molecule has 19 heavy (non-hydrogen) atoms. The van der Waals surface area contributed by atoms with Crippen molar-refractivity contribution in [1.82, 2.24) is 5.32 Å². The Labute approximate surface area is 118 Å². The molecule has 0 spiro atoms. The predicted molar refractivity (Wildman–Crippen MR) is 82.6 cm³/mol. The third-order valence-electron chi connectivity index (χ3n) is 3.63. The Balaban J connectivity index is 3.07. The summed E-state index contributed by atoms with van der Waals surface area (Å²) in [7, 11) is 1.81. The van der Waals surface area contributed by atoms with Crippen LogP contribution in [0.2, 0.25) is 0 Å². The third kappa shape index (κ3) is 4.32. The zero-order valence-electron chi connectivity index (χ0n) is 13.3. The fraction of sp³-hybridized carbons (Fsp3) is 0.647. The van der Waals surface area contributed by atoms with Gasteiger partial charge in [-0.25, -0.2) is 0 Å². The molecule has 0 aliphatic heterocycles. The zero-order valence-corrected chi connectivity index (χ0v) is 13.3. The Hall–Kier alpha value is -0.860. The molecule has 0 amide bonds. The lowest BCUT2D eigenvalue weighted by atomic mass is 9.90. The van der Waals surface area contributed by atoms with Crippen LogP contribution < -0.4 is 5.32 Å². The minimum atomic E-state index is 0.202. The molecule has 2 unspecified atom stereocenters. The maximum Gasteiger partial charge on any atom is 0.0788 e. The van der Waals surface area contributed by atoms with Crippen LogP contribution in [-0.2, 0) is 4.74 Å². The molecule has 2 atom stereocenters. The van der Waals surface area contributed by atoms with E-state index in [0.29, 0.717) is 5.92 Å². The Kier molecular flexibility index (Phi) is 6.53. The molecule has 108 valence electrons. The second kappa shape index (κ2) is 7.66. The molecule has 2 nitrogen and oxygen atoms in total. The maximum atomic E-state index is 5.75. The molecule has 1 aromatic carbocycles. The van der Waals surface area contributed by atoms with Crippen LogP contribution in [0.4, 0.5) is 0 Å². The molecular formula is C17H29NO. The van der Waals surface area contributed by atoms with E-state index in [-0.39, 0.29) is 12.1 Å². The van der Waals surface area contributed by atoms with Crippen molar-refractivity contribution in [2.45, 2.75) is 53.2 Å². The fourth-order valence-corrected chi connectivity index (χ4v) is 2.67. The largest absolute Gasteiger partial charge is 0.379 e. The lowest BCUT2D eigenvalue weighted by Crippen LogP contribution is -2.37. The van der Waals surface area contributed by atoms with E-state index in [0.717, 1.165) is 13.0 Å². The maximum absolute atomic E-state index is 5.75. The van der Waals surface area contributed by atoms with Gasteiger partial charge in [0.15, 0.2) is 0 Å². The number of ether oxygens (including phenoxy) is 1. The van der Waals surface area contributed by atoms with Crippen molar-refractivity contribution in [3.8, 4) is 0 Å². The molecule has 0 saturated carbocycles. The highest BCUT2D eigenvalue weighted by Gasteiger charge is 2.26. The molecule has 0 aromatic heterocycles. The summed E-state index contributed by atoms with van der Waals surface area (Å²) in [6.45, 7) is 12.0. The molecule has 0 aliphatic rings. The summed E-state index contributed by atoms with van der Waals surface area (Å²) < 4.78 is 5.75. The van der Waals surface area contributed by atoms with Crippen LogP contribution in [0.3, 0.4) is 0 Å². The van der Waals surface area contributed by atoms with E-state index in [1.165, 1.54) is 16.7 Å². The number of nitrogens with one attached hydrogen (secondary N) is 1. The fourth-order valence-electron chi connectivity index (χ4n) is 2.67. The van der Waals surface area contributed by atoms with Gasteiger partial charge in [0.25, 0.3) is 0 Å². The van der Waals surface area contributed by atoms with Gasteiger partial charge in [-0.1, -0.05) is 44.5 Å². The van der Waals surface area contributed by atoms with Gasteiger partial charge in [0, 0.05) is 7.11 Å². The van der Waals surface area contributed by atoms with Crippen molar-refractivity contribution in [2.24, 2.45) is 5.92 Å². The van der Waals surface area contributed by atoms with Gasteiger partial charge in [-0.05, 0) is 43.9 Å². The predicted octanol–water partition coefficient (Wildman–Crippen LogP) is 4.02. The van der Waals surface area contributed by atoms with E-state index >= 15 is 0 Å². The van der Waals surface area contributed by atoms with Crippen LogP contribution in [0.15, 0.2) is 18.2 Å². The van der Waals surface area contributed by atoms with Crippen LogP contribution in [0.1, 0.15) is 49.9 Å². The van der Waals surface area contributed by atoms with Crippen molar-refractivity contribution >= 4 is 0 Å². The summed E-state index contributed by atoms with van der Waals surface area (Å²) in [5.41, 5.74) is 4.02. The number of aryl methyl sites for hydroxylation is 2. The number of methoxy groups -OCH3 is 1. The SMILES string of the molecule is CCCNC(c1ccc(C)cc1C)C(OC)C(C)C. The minimum absolute atomic E-state index is 0.202. The first-order valence-electron chi connectivity index (χ1n) is 7.34. The van der Waals surface area contributed by atoms with Gasteiger partial charge in [-0.3, -0.25) is 0 Å². The van der Waals surface area contributed by atoms with Crippen LogP contribution in [0.5, 0.6) is 0 Å². The second-order valence-corrected chi connectivity index (χ2v) is 5.74. The van der Waals surface area contributed by atoms with E-state index in [1.54, 1.807) is 0 Å². The second-order valence-electron chi connectivity index (χ2n) is 5.74. The standard InChI is InChI=1S/C17H29NO/c1-7-10-18-16(17(19-6)12(2)3)15-9-8-13(4)11-14(15)5/h8-9,11-12,16-18H,7,10H2,1-6H3. The lowest BCUT2D eigenvalue weighted by molar-refractivity contribution is 0.0325. The Morgan fingerprint density at radius 3 is 2.37 bits per heavy atom. The molecule has 0 fully saturated rings. The molecule has 2 heteroatoms. The van der Waals surface area contributed by atoms with Crippen LogP contribution in [0, 0.1) is 19.8 Å². The van der Waals surface area contributed by atoms with Crippen LogP contribution >= 0.6 is 0 Å². The molecule has 0 aliphatic carbocycles. The highest BCUT2D eigenvalue weighted by atomic mass is 16.5. The lowest BCUT2D eigenvalue weighted by Gasteiger charge is -2.31. The van der Waals surface area contributed by atoms with Gasteiger partial charge in [0.1, 0.15) is 0 Å². The average Bonchev–Trinajstić information content (AvgIpc) is 2.34. The van der Waals surface area contributed by atoms with E-state index in [1.807, 2.05) is 7.11 Å². The highest BCUT2D eigenvalue weighted by Crippen LogP contribution is 2.27. The van der Waals surface area contributed by atoms with Gasteiger partial charge >= 0.3 is 0 Å². The van der Waals surface area contributed by atoms with Gasteiger partial charge in [-0.2, -0.15) is 0 Å². The van der Waals surface area contributed by atoms with E-state index < -0.39 is 0 Å². The summed E-state index contributed by atoms with van der Waals surface area (Å²) in [6, 6.07) is 6.95. The van der Waals surface area contributed by atoms with Crippen molar-refractivity contribution in [3.05, 3.63) is 34.9 Å².